The molecule has 1 aliphatic carbocycles. The summed E-state index contributed by atoms with van der Waals surface area (Å²) in [4.78, 5) is 0. The van der Waals surface area contributed by atoms with Gasteiger partial charge < -0.3 is 10.1 Å². The fourth-order valence-electron chi connectivity index (χ4n) is 3.17. The zero-order valence-corrected chi connectivity index (χ0v) is 12.0. The van der Waals surface area contributed by atoms with E-state index in [0.29, 0.717) is 0 Å². The summed E-state index contributed by atoms with van der Waals surface area (Å²) in [6, 6.07) is 5.12. The van der Waals surface area contributed by atoms with Crippen molar-refractivity contribution >= 4 is 0 Å². The fraction of sp³-hybridized carbons (Fsp3) is 0.625. The van der Waals surface area contributed by atoms with Gasteiger partial charge in [-0.2, -0.15) is 0 Å². The Morgan fingerprint density at radius 2 is 1.72 bits per heavy atom. The third kappa shape index (κ3) is 2.54. The van der Waals surface area contributed by atoms with Gasteiger partial charge in [0.05, 0.1) is 7.11 Å². The quantitative estimate of drug-likeness (QED) is 0.882. The van der Waals surface area contributed by atoms with E-state index in [1.807, 2.05) is 0 Å². The Morgan fingerprint density at radius 3 is 2.28 bits per heavy atom. The van der Waals surface area contributed by atoms with E-state index >= 15 is 0 Å². The second kappa shape index (κ2) is 5.75. The predicted octanol–water partition coefficient (Wildman–Crippen LogP) is 3.56. The summed E-state index contributed by atoms with van der Waals surface area (Å²) in [5.74, 6) is 1.75. The highest BCUT2D eigenvalue weighted by Crippen LogP contribution is 2.37. The van der Waals surface area contributed by atoms with E-state index in [9.17, 15) is 0 Å². The zero-order valence-electron chi connectivity index (χ0n) is 12.0. The van der Waals surface area contributed by atoms with Crippen LogP contribution in [0.15, 0.2) is 12.1 Å². The lowest BCUT2D eigenvalue weighted by atomic mass is 9.79. The van der Waals surface area contributed by atoms with Gasteiger partial charge in [0.15, 0.2) is 0 Å². The predicted molar refractivity (Wildman–Crippen MR) is 76.5 cm³/mol. The average Bonchev–Trinajstić information content (AvgIpc) is 2.42. The van der Waals surface area contributed by atoms with Crippen LogP contribution in [0.1, 0.15) is 48.3 Å². The van der Waals surface area contributed by atoms with Crippen molar-refractivity contribution in [2.75, 3.05) is 14.2 Å². The van der Waals surface area contributed by atoms with Crippen LogP contribution in [0.5, 0.6) is 5.75 Å². The van der Waals surface area contributed by atoms with Crippen molar-refractivity contribution < 1.29 is 4.74 Å². The summed E-state index contributed by atoms with van der Waals surface area (Å²) in [7, 11) is 3.83. The van der Waals surface area contributed by atoms with Crippen molar-refractivity contribution in [3.05, 3.63) is 28.8 Å². The zero-order chi connectivity index (χ0) is 13.1. The molecule has 0 amide bonds. The van der Waals surface area contributed by atoms with Crippen LogP contribution < -0.4 is 10.1 Å². The Hall–Kier alpha value is -1.02. The number of nitrogens with one attached hydrogen (secondary N) is 1. The molecule has 1 saturated carbocycles. The largest absolute Gasteiger partial charge is 0.496 e. The molecule has 0 aliphatic heterocycles. The van der Waals surface area contributed by atoms with Gasteiger partial charge in [-0.25, -0.2) is 0 Å². The number of hydrogen-bond acceptors (Lipinski definition) is 2. The van der Waals surface area contributed by atoms with E-state index in [-0.39, 0.29) is 0 Å². The van der Waals surface area contributed by atoms with Crippen molar-refractivity contribution in [3.8, 4) is 5.75 Å². The maximum atomic E-state index is 5.39. The van der Waals surface area contributed by atoms with Crippen LogP contribution in [-0.4, -0.2) is 20.2 Å². The molecule has 1 fully saturated rings. The van der Waals surface area contributed by atoms with Crippen molar-refractivity contribution in [2.24, 2.45) is 0 Å². The molecule has 1 aromatic carbocycles. The maximum absolute atomic E-state index is 5.39. The van der Waals surface area contributed by atoms with Crippen molar-refractivity contribution in [1.29, 1.82) is 0 Å². The molecule has 0 heterocycles. The molecule has 2 heteroatoms. The molecule has 0 bridgehead atoms. The van der Waals surface area contributed by atoms with Crippen LogP contribution in [0.2, 0.25) is 0 Å². The lowest BCUT2D eigenvalue weighted by Crippen LogP contribution is -2.29. The van der Waals surface area contributed by atoms with Crippen LogP contribution in [0.4, 0.5) is 0 Å². The Kier molecular flexibility index (Phi) is 4.28. The molecule has 0 atom stereocenters. The number of hydrogen-bond donors (Lipinski definition) is 1. The highest BCUT2D eigenvalue weighted by molar-refractivity contribution is 5.45. The first-order valence-corrected chi connectivity index (χ1v) is 6.98. The maximum Gasteiger partial charge on any atom is 0.122 e. The second-order valence-electron chi connectivity index (χ2n) is 5.44. The molecule has 0 spiro atoms. The first-order chi connectivity index (χ1) is 8.67. The summed E-state index contributed by atoms with van der Waals surface area (Å²) < 4.78 is 5.39. The van der Waals surface area contributed by atoms with E-state index in [1.54, 1.807) is 7.11 Å². The standard InChI is InChI=1S/C16H25NO/c1-11-12(2)16(18-4)10-9-15(11)13-5-7-14(17-3)8-6-13/h9-10,13-14,17H,5-8H2,1-4H3. The van der Waals surface area contributed by atoms with Crippen molar-refractivity contribution in [3.63, 3.8) is 0 Å². The lowest BCUT2D eigenvalue weighted by Gasteiger charge is -2.30. The highest BCUT2D eigenvalue weighted by Gasteiger charge is 2.23. The smallest absolute Gasteiger partial charge is 0.122 e. The summed E-state index contributed by atoms with van der Waals surface area (Å²) in [6.45, 7) is 4.40. The lowest BCUT2D eigenvalue weighted by molar-refractivity contribution is 0.357. The number of benzene rings is 1. The van der Waals surface area contributed by atoms with Crippen molar-refractivity contribution in [2.45, 2.75) is 51.5 Å². The molecule has 1 aliphatic rings. The molecule has 2 nitrogen and oxygen atoms in total. The molecule has 2 rings (SSSR count). The first kappa shape index (κ1) is 13.4. The SMILES string of the molecule is CNC1CCC(c2ccc(OC)c(C)c2C)CC1. The van der Waals surface area contributed by atoms with Gasteiger partial charge in [-0.1, -0.05) is 6.07 Å². The molecular weight excluding hydrogens is 222 g/mol. The summed E-state index contributed by atoms with van der Waals surface area (Å²) in [6.07, 6.45) is 5.20. The Morgan fingerprint density at radius 1 is 1.06 bits per heavy atom. The first-order valence-electron chi connectivity index (χ1n) is 6.98. The number of rotatable bonds is 3. The molecule has 0 radical (unpaired) electrons. The molecule has 18 heavy (non-hydrogen) atoms. The van der Waals surface area contributed by atoms with E-state index < -0.39 is 0 Å². The van der Waals surface area contributed by atoms with Gasteiger partial charge >= 0.3 is 0 Å². The van der Waals surface area contributed by atoms with Gasteiger partial charge in [-0.15, -0.1) is 0 Å². The van der Waals surface area contributed by atoms with Crippen LogP contribution >= 0.6 is 0 Å². The van der Waals surface area contributed by atoms with Gasteiger partial charge in [-0.3, -0.25) is 0 Å². The van der Waals surface area contributed by atoms with E-state index in [4.69, 9.17) is 4.74 Å². The highest BCUT2D eigenvalue weighted by atomic mass is 16.5. The van der Waals surface area contributed by atoms with E-state index in [2.05, 4.69) is 38.3 Å². The summed E-state index contributed by atoms with van der Waals surface area (Å²) >= 11 is 0. The van der Waals surface area contributed by atoms with Gasteiger partial charge in [0, 0.05) is 6.04 Å². The Balaban J connectivity index is 2.17. The minimum atomic E-state index is 0.723. The van der Waals surface area contributed by atoms with Gasteiger partial charge in [0.1, 0.15) is 5.75 Å². The average molecular weight is 247 g/mol. The third-order valence-electron chi connectivity index (χ3n) is 4.57. The molecule has 0 aromatic heterocycles. The van der Waals surface area contributed by atoms with Gasteiger partial charge in [0.2, 0.25) is 0 Å². The molecular formula is C16H25NO. The number of ether oxygens (including phenoxy) is 1. The normalized spacial score (nSPS) is 24.0. The van der Waals surface area contributed by atoms with Crippen LogP contribution in [-0.2, 0) is 0 Å². The van der Waals surface area contributed by atoms with Gasteiger partial charge in [-0.05, 0) is 75.3 Å². The van der Waals surface area contributed by atoms with Crippen LogP contribution in [0, 0.1) is 13.8 Å². The van der Waals surface area contributed by atoms with E-state index in [1.165, 1.54) is 42.4 Å². The Labute approximate surface area is 111 Å². The topological polar surface area (TPSA) is 21.3 Å². The van der Waals surface area contributed by atoms with Gasteiger partial charge in [0.25, 0.3) is 0 Å². The monoisotopic (exact) mass is 247 g/mol. The molecule has 0 saturated heterocycles. The van der Waals surface area contributed by atoms with Crippen LogP contribution in [0.3, 0.4) is 0 Å². The Bertz CT molecular complexity index is 406. The molecule has 0 unspecified atom stereocenters. The minimum Gasteiger partial charge on any atom is -0.496 e. The number of methoxy groups -OCH3 is 1. The molecule has 1 N–H and O–H groups in total. The van der Waals surface area contributed by atoms with Crippen LogP contribution in [0.25, 0.3) is 0 Å². The van der Waals surface area contributed by atoms with E-state index in [0.717, 1.165) is 17.7 Å². The molecule has 100 valence electrons. The summed E-state index contributed by atoms with van der Waals surface area (Å²) in [5, 5.41) is 3.40. The molecule has 1 aromatic rings. The third-order valence-corrected chi connectivity index (χ3v) is 4.57. The summed E-state index contributed by atoms with van der Waals surface area (Å²) in [5.41, 5.74) is 4.25. The van der Waals surface area contributed by atoms with Crippen molar-refractivity contribution in [1.82, 2.24) is 5.32 Å². The second-order valence-corrected chi connectivity index (χ2v) is 5.44. The minimum absolute atomic E-state index is 0.723. The fourth-order valence-corrected chi connectivity index (χ4v) is 3.17.